The second kappa shape index (κ2) is 3.62. The van der Waals surface area contributed by atoms with Crippen molar-refractivity contribution in [2.75, 3.05) is 7.11 Å². The van der Waals surface area contributed by atoms with Crippen LogP contribution < -0.4 is 0 Å². The molecule has 1 aliphatic carbocycles. The van der Waals surface area contributed by atoms with Crippen LogP contribution in [0.1, 0.15) is 39.5 Å². The van der Waals surface area contributed by atoms with Gasteiger partial charge in [-0.15, -0.1) is 0 Å². The molecule has 0 bridgehead atoms. The van der Waals surface area contributed by atoms with Gasteiger partial charge >= 0.3 is 5.97 Å². The number of methoxy groups -OCH3 is 1. The Morgan fingerprint density at radius 2 is 2.13 bits per heavy atom. The Labute approximate surface area is 90.9 Å². The Morgan fingerprint density at radius 3 is 2.80 bits per heavy atom. The second-order valence-electron chi connectivity index (χ2n) is 4.87. The third-order valence-electron chi connectivity index (χ3n) is 4.19. The summed E-state index contributed by atoms with van der Waals surface area (Å²) in [5.74, 6) is 0.261. The molecule has 2 unspecified atom stereocenters. The third kappa shape index (κ3) is 1.40. The number of carbonyl (C=O) groups excluding carboxylic acids is 1. The Morgan fingerprint density at radius 1 is 1.47 bits per heavy atom. The highest BCUT2D eigenvalue weighted by atomic mass is 16.5. The molecule has 1 heterocycles. The van der Waals surface area contributed by atoms with E-state index in [0.29, 0.717) is 12.0 Å². The maximum absolute atomic E-state index is 11.9. The monoisotopic (exact) mass is 209 g/mol. The fourth-order valence-corrected chi connectivity index (χ4v) is 3.10. The van der Waals surface area contributed by atoms with Crippen LogP contribution in [0.25, 0.3) is 0 Å². The highest BCUT2D eigenvalue weighted by molar-refractivity contribution is 6.07. The van der Waals surface area contributed by atoms with Gasteiger partial charge in [-0.3, -0.25) is 9.79 Å². The highest BCUT2D eigenvalue weighted by Gasteiger charge is 2.52. The Hall–Kier alpha value is -0.860. The molecule has 0 spiro atoms. The minimum absolute atomic E-state index is 0.113. The fraction of sp³-hybridized carbons (Fsp3) is 0.833. The van der Waals surface area contributed by atoms with Crippen molar-refractivity contribution < 1.29 is 9.53 Å². The van der Waals surface area contributed by atoms with E-state index in [2.05, 4.69) is 4.99 Å². The predicted molar refractivity (Wildman–Crippen MR) is 59.0 cm³/mol. The first-order valence-electron chi connectivity index (χ1n) is 5.74. The molecule has 0 saturated heterocycles. The van der Waals surface area contributed by atoms with Gasteiger partial charge in [0.2, 0.25) is 0 Å². The van der Waals surface area contributed by atoms with Crippen molar-refractivity contribution in [2.24, 2.45) is 16.3 Å². The lowest BCUT2D eigenvalue weighted by atomic mass is 9.68. The van der Waals surface area contributed by atoms with E-state index in [-0.39, 0.29) is 5.97 Å². The summed E-state index contributed by atoms with van der Waals surface area (Å²) in [5.41, 5.74) is 0.506. The predicted octanol–water partition coefficient (Wildman–Crippen LogP) is 2.20. The summed E-state index contributed by atoms with van der Waals surface area (Å²) in [6.45, 7) is 3.96. The number of aliphatic imine (C=N–C) groups is 1. The van der Waals surface area contributed by atoms with Gasteiger partial charge in [0.25, 0.3) is 0 Å². The molecule has 0 aromatic heterocycles. The SMILES string of the molecule is COC(=O)[C@]1(C)C(C)=NC2CCCCC21. The molecule has 3 nitrogen and oxygen atoms in total. The normalized spacial score (nSPS) is 39.5. The molecular formula is C12H19NO2. The summed E-state index contributed by atoms with van der Waals surface area (Å²) < 4.78 is 4.94. The maximum atomic E-state index is 11.9. The lowest BCUT2D eigenvalue weighted by molar-refractivity contribution is -0.150. The zero-order valence-corrected chi connectivity index (χ0v) is 9.75. The molecule has 1 saturated carbocycles. The number of carbonyl (C=O) groups is 1. The van der Waals surface area contributed by atoms with Gasteiger partial charge in [-0.1, -0.05) is 12.8 Å². The van der Waals surface area contributed by atoms with Gasteiger partial charge in [0.15, 0.2) is 0 Å². The summed E-state index contributed by atoms with van der Waals surface area (Å²) >= 11 is 0. The first-order valence-corrected chi connectivity index (χ1v) is 5.74. The molecule has 0 amide bonds. The van der Waals surface area contributed by atoms with Crippen molar-refractivity contribution >= 4 is 11.7 Å². The molecular weight excluding hydrogens is 190 g/mol. The average molecular weight is 209 g/mol. The minimum Gasteiger partial charge on any atom is -0.468 e. The van der Waals surface area contributed by atoms with E-state index in [1.54, 1.807) is 0 Å². The second-order valence-corrected chi connectivity index (χ2v) is 4.87. The topological polar surface area (TPSA) is 38.7 Å². The van der Waals surface area contributed by atoms with Crippen LogP contribution in [0.5, 0.6) is 0 Å². The molecule has 84 valence electrons. The van der Waals surface area contributed by atoms with E-state index in [4.69, 9.17) is 4.74 Å². The van der Waals surface area contributed by atoms with Crippen LogP contribution in [0, 0.1) is 11.3 Å². The van der Waals surface area contributed by atoms with Gasteiger partial charge in [0.05, 0.1) is 13.2 Å². The highest BCUT2D eigenvalue weighted by Crippen LogP contribution is 2.46. The first-order chi connectivity index (χ1) is 7.10. The summed E-state index contributed by atoms with van der Waals surface area (Å²) in [5, 5.41) is 0. The zero-order valence-electron chi connectivity index (χ0n) is 9.75. The van der Waals surface area contributed by atoms with Crippen molar-refractivity contribution in [3.63, 3.8) is 0 Å². The molecule has 1 aliphatic heterocycles. The molecule has 3 heteroatoms. The maximum Gasteiger partial charge on any atom is 0.317 e. The Kier molecular flexibility index (Phi) is 2.57. The fourth-order valence-electron chi connectivity index (χ4n) is 3.10. The minimum atomic E-state index is -0.458. The van der Waals surface area contributed by atoms with Gasteiger partial charge in [0.1, 0.15) is 5.41 Å². The molecule has 2 aliphatic rings. The Balaban J connectivity index is 2.31. The number of nitrogens with zero attached hydrogens (tertiary/aromatic N) is 1. The van der Waals surface area contributed by atoms with Gasteiger partial charge in [0, 0.05) is 11.6 Å². The van der Waals surface area contributed by atoms with E-state index in [9.17, 15) is 4.79 Å². The zero-order chi connectivity index (χ0) is 11.1. The molecule has 0 N–H and O–H groups in total. The van der Waals surface area contributed by atoms with Crippen LogP contribution in [0.15, 0.2) is 4.99 Å². The number of ether oxygens (including phenoxy) is 1. The van der Waals surface area contributed by atoms with Gasteiger partial charge in [-0.25, -0.2) is 0 Å². The molecule has 0 aromatic rings. The van der Waals surface area contributed by atoms with Crippen molar-refractivity contribution in [3.05, 3.63) is 0 Å². The molecule has 15 heavy (non-hydrogen) atoms. The van der Waals surface area contributed by atoms with Crippen molar-refractivity contribution in [3.8, 4) is 0 Å². The van der Waals surface area contributed by atoms with Gasteiger partial charge < -0.3 is 4.74 Å². The van der Waals surface area contributed by atoms with E-state index >= 15 is 0 Å². The largest absolute Gasteiger partial charge is 0.468 e. The van der Waals surface area contributed by atoms with Crippen LogP contribution in [0.2, 0.25) is 0 Å². The van der Waals surface area contributed by atoms with Crippen LogP contribution in [-0.2, 0) is 9.53 Å². The number of fused-ring (bicyclic) bond motifs is 1. The number of rotatable bonds is 1. The van der Waals surface area contributed by atoms with Crippen LogP contribution in [-0.4, -0.2) is 24.8 Å². The molecule has 0 aromatic carbocycles. The van der Waals surface area contributed by atoms with Crippen LogP contribution in [0.3, 0.4) is 0 Å². The average Bonchev–Trinajstić information content (AvgIpc) is 2.52. The van der Waals surface area contributed by atoms with Crippen molar-refractivity contribution in [1.29, 1.82) is 0 Å². The van der Waals surface area contributed by atoms with E-state index in [0.717, 1.165) is 18.6 Å². The van der Waals surface area contributed by atoms with Crippen LogP contribution in [0.4, 0.5) is 0 Å². The summed E-state index contributed by atoms with van der Waals surface area (Å²) in [6.07, 6.45) is 4.71. The van der Waals surface area contributed by atoms with Gasteiger partial charge in [-0.05, 0) is 26.7 Å². The number of hydrogen-bond acceptors (Lipinski definition) is 3. The summed E-state index contributed by atoms with van der Waals surface area (Å²) in [6, 6.07) is 0.364. The number of hydrogen-bond donors (Lipinski definition) is 0. The van der Waals surface area contributed by atoms with Crippen molar-refractivity contribution in [2.45, 2.75) is 45.6 Å². The smallest absolute Gasteiger partial charge is 0.317 e. The quantitative estimate of drug-likeness (QED) is 0.621. The van der Waals surface area contributed by atoms with Crippen molar-refractivity contribution in [1.82, 2.24) is 0 Å². The van der Waals surface area contributed by atoms with Crippen LogP contribution >= 0.6 is 0 Å². The molecule has 0 radical (unpaired) electrons. The number of esters is 1. The van der Waals surface area contributed by atoms with Gasteiger partial charge in [-0.2, -0.15) is 0 Å². The molecule has 2 rings (SSSR count). The van der Waals surface area contributed by atoms with E-state index in [1.165, 1.54) is 20.0 Å². The molecule has 3 atom stereocenters. The van der Waals surface area contributed by atoms with E-state index < -0.39 is 5.41 Å². The third-order valence-corrected chi connectivity index (χ3v) is 4.19. The standard InChI is InChI=1S/C12H19NO2/c1-8-12(2,11(14)15-3)9-6-4-5-7-10(9)13-8/h9-10H,4-7H2,1-3H3/t9?,10?,12-/m1/s1. The first kappa shape index (κ1) is 10.7. The lowest BCUT2D eigenvalue weighted by Crippen LogP contribution is -2.42. The molecule has 1 fully saturated rings. The lowest BCUT2D eigenvalue weighted by Gasteiger charge is -2.34. The Bertz CT molecular complexity index is 311. The van der Waals surface area contributed by atoms with E-state index in [1.807, 2.05) is 13.8 Å². The summed E-state index contributed by atoms with van der Waals surface area (Å²) in [4.78, 5) is 16.5. The summed E-state index contributed by atoms with van der Waals surface area (Å²) in [7, 11) is 1.47.